The molecule has 8 rings (SSSR count). The molecule has 1 aromatic heterocycles. The average molecular weight is 661 g/mol. The van der Waals surface area contributed by atoms with Gasteiger partial charge in [0.25, 0.3) is 0 Å². The van der Waals surface area contributed by atoms with E-state index in [-0.39, 0.29) is 22.9 Å². The number of amidine groups is 1. The summed E-state index contributed by atoms with van der Waals surface area (Å²) in [4.78, 5) is 9.90. The van der Waals surface area contributed by atoms with Gasteiger partial charge in [0, 0.05) is 28.3 Å². The van der Waals surface area contributed by atoms with Crippen LogP contribution in [0.2, 0.25) is 0 Å². The van der Waals surface area contributed by atoms with Crippen molar-refractivity contribution in [2.45, 2.75) is 12.8 Å². The fraction of sp³-hybridized carbons (Fsp3) is 0.0769. The third-order valence-electron chi connectivity index (χ3n) is 8.31. The largest absolute Gasteiger partial charge is 2.00 e. The molecular weight excluding hydrogens is 631 g/mol. The van der Waals surface area contributed by atoms with Crippen LogP contribution in [0.5, 0.6) is 5.75 Å². The molecule has 0 spiro atoms. The summed E-state index contributed by atoms with van der Waals surface area (Å²) >= 11 is 0. The van der Waals surface area contributed by atoms with E-state index in [2.05, 4.69) is 0 Å². The Morgan fingerprint density at radius 3 is 2.04 bits per heavy atom. The van der Waals surface area contributed by atoms with Crippen LogP contribution >= 0.6 is 0 Å². The Labute approximate surface area is 287 Å². The Balaban J connectivity index is 0.000000591. The first kappa shape index (κ1) is 33.2. The van der Waals surface area contributed by atoms with Gasteiger partial charge in [0.2, 0.25) is 0 Å². The van der Waals surface area contributed by atoms with Crippen LogP contribution in [0.3, 0.4) is 0 Å². The van der Waals surface area contributed by atoms with Gasteiger partial charge in [-0.25, -0.2) is 9.98 Å². The van der Waals surface area contributed by atoms with Crippen molar-refractivity contribution < 1.29 is 30.4 Å². The first-order chi connectivity index (χ1) is 22.6. The molecule has 4 aromatic rings. The molecule has 4 nitrogen and oxygen atoms in total. The Morgan fingerprint density at radius 2 is 1.43 bits per heavy atom. The van der Waals surface area contributed by atoms with Crippen molar-refractivity contribution in [3.05, 3.63) is 165 Å². The molecule has 0 unspecified atom stereocenters. The van der Waals surface area contributed by atoms with Crippen molar-refractivity contribution >= 4 is 30.3 Å². The average Bonchev–Trinajstić information content (AvgIpc) is 3.93. The number of benzene rings is 3. The van der Waals surface area contributed by atoms with Crippen LogP contribution in [0, 0.1) is 63.7 Å². The number of fused-ring (bicyclic) bond motifs is 3. The summed E-state index contributed by atoms with van der Waals surface area (Å²) in [6, 6.07) is 25.2. The van der Waals surface area contributed by atoms with E-state index in [9.17, 15) is 0 Å². The van der Waals surface area contributed by atoms with E-state index in [1.165, 1.54) is 0 Å². The summed E-state index contributed by atoms with van der Waals surface area (Å²) in [6.45, 7) is 0. The molecule has 2 saturated carbocycles. The van der Waals surface area contributed by atoms with Crippen molar-refractivity contribution in [1.82, 2.24) is 4.48 Å². The number of aryl methyl sites for hydroxylation is 1. The minimum Gasteiger partial charge on any atom is -0.497 e. The van der Waals surface area contributed by atoms with Crippen LogP contribution in [-0.2, 0) is 29.9 Å². The van der Waals surface area contributed by atoms with Crippen LogP contribution in [0.4, 0.5) is 14.4 Å². The molecular formula is C39H30BF2FeN3O+2. The number of halogens is 2. The van der Waals surface area contributed by atoms with Gasteiger partial charge in [-0.05, 0) is 117 Å². The Morgan fingerprint density at radius 1 is 0.787 bits per heavy atom. The van der Waals surface area contributed by atoms with Crippen molar-refractivity contribution in [3.63, 3.8) is 0 Å². The maximum Gasteiger partial charge on any atom is 2.00 e. The molecule has 2 heterocycles. The van der Waals surface area contributed by atoms with Crippen molar-refractivity contribution in [2.24, 2.45) is 9.98 Å². The molecule has 230 valence electrons. The fourth-order valence-corrected chi connectivity index (χ4v) is 6.20. The number of allylic oxidation sites excluding steroid dienone is 1. The summed E-state index contributed by atoms with van der Waals surface area (Å²) in [5.41, 5.74) is 7.19. The van der Waals surface area contributed by atoms with E-state index in [1.54, 1.807) is 7.11 Å². The Hall–Kier alpha value is -3.74. The minimum atomic E-state index is -2.81. The van der Waals surface area contributed by atoms with Crippen LogP contribution in [-0.4, -0.2) is 30.5 Å². The smallest absolute Gasteiger partial charge is 0.497 e. The number of hydrogen-bond acceptors (Lipinski definition) is 2. The topological polar surface area (TPSA) is 38.9 Å². The Bertz CT molecular complexity index is 1780. The van der Waals surface area contributed by atoms with Crippen LogP contribution < -0.4 is 4.74 Å². The SMILES string of the molecule is COc1ccc2c(c1)CCc1c(-c3ccccc3)c(/N=C3\N=C([C]4[CH][CH][CH][CH]4)C=C3c3ccccc3)n(B(F)F)c1-2.[CH]1[CH][CH][CH][CH]1.[Fe+2]. The van der Waals surface area contributed by atoms with E-state index in [4.69, 9.17) is 14.7 Å². The number of methoxy groups -OCH3 is 1. The van der Waals surface area contributed by atoms with Crippen LogP contribution in [0.15, 0.2) is 94.9 Å². The van der Waals surface area contributed by atoms with Gasteiger partial charge >= 0.3 is 24.5 Å². The molecule has 47 heavy (non-hydrogen) atoms. The zero-order chi connectivity index (χ0) is 31.5. The quantitative estimate of drug-likeness (QED) is 0.191. The number of aromatic nitrogens is 1. The Kier molecular flexibility index (Phi) is 10.6. The molecule has 4 aliphatic rings. The standard InChI is InChI=1S/C34H25BF2N3O.C5H5.Fe/c1-41-26-17-19-27-25(20-26)16-18-28-31(24-14-6-3-7-15-24)34(40(32(27)28)35(36)37)39-33-29(22-10-4-2-5-11-22)21-30(38-33)23-12-8-9-13-23;1-2-4-5-3-1;/h2-15,17,19-21H,16,18H2,1H3;1-5H;/q;;+2/b39-33-;;. The number of nitrogens with zero attached hydrogens (tertiary/aromatic N) is 3. The van der Waals surface area contributed by atoms with Gasteiger partial charge in [0.15, 0.2) is 5.84 Å². The summed E-state index contributed by atoms with van der Waals surface area (Å²) < 4.78 is 36.9. The molecule has 0 amide bonds. The van der Waals surface area contributed by atoms with E-state index in [1.807, 2.05) is 143 Å². The zero-order valence-corrected chi connectivity index (χ0v) is 26.7. The predicted molar refractivity (Wildman–Crippen MR) is 184 cm³/mol. The molecule has 0 saturated heterocycles. The maximum atomic E-state index is 15.2. The summed E-state index contributed by atoms with van der Waals surface area (Å²) in [6.07, 6.45) is 21.2. The molecule has 10 radical (unpaired) electrons. The molecule has 8 heteroatoms. The van der Waals surface area contributed by atoms with E-state index in [0.29, 0.717) is 23.7 Å². The van der Waals surface area contributed by atoms with E-state index >= 15 is 8.63 Å². The zero-order valence-electron chi connectivity index (χ0n) is 25.6. The van der Waals surface area contributed by atoms with Gasteiger partial charge in [-0.2, -0.15) is 0 Å². The summed E-state index contributed by atoms with van der Waals surface area (Å²) in [5.74, 6) is 2.29. The number of rotatable bonds is 6. The summed E-state index contributed by atoms with van der Waals surface area (Å²) in [5, 5.41) is 0. The van der Waals surface area contributed by atoms with Gasteiger partial charge in [0.05, 0.1) is 12.8 Å². The van der Waals surface area contributed by atoms with Crippen molar-refractivity contribution in [3.8, 4) is 28.1 Å². The third-order valence-corrected chi connectivity index (χ3v) is 8.31. The molecule has 0 atom stereocenters. The van der Waals surface area contributed by atoms with Crippen LogP contribution in [0.25, 0.3) is 28.0 Å². The number of aliphatic imine (C=N–C) groups is 2. The normalized spacial score (nSPS) is 17.6. The van der Waals surface area contributed by atoms with Gasteiger partial charge in [-0.1, -0.05) is 60.7 Å². The second kappa shape index (κ2) is 15.0. The van der Waals surface area contributed by atoms with Crippen molar-refractivity contribution in [2.75, 3.05) is 7.11 Å². The molecule has 0 bridgehead atoms. The monoisotopic (exact) mass is 661 g/mol. The molecule has 1 aliphatic heterocycles. The first-order valence-electron chi connectivity index (χ1n) is 15.2. The van der Waals surface area contributed by atoms with Gasteiger partial charge in [-0.3, -0.25) is 8.63 Å². The molecule has 2 fully saturated rings. The molecule has 3 aliphatic carbocycles. The van der Waals surface area contributed by atoms with Gasteiger partial charge < -0.3 is 9.21 Å². The first-order valence-corrected chi connectivity index (χ1v) is 15.2. The third kappa shape index (κ3) is 6.82. The van der Waals surface area contributed by atoms with Gasteiger partial charge in [0.1, 0.15) is 11.6 Å². The van der Waals surface area contributed by atoms with E-state index in [0.717, 1.165) is 61.5 Å². The second-order valence-electron chi connectivity index (χ2n) is 11.1. The van der Waals surface area contributed by atoms with Crippen molar-refractivity contribution in [1.29, 1.82) is 0 Å². The molecule has 0 N–H and O–H groups in total. The van der Waals surface area contributed by atoms with Crippen LogP contribution in [0.1, 0.15) is 16.7 Å². The maximum absolute atomic E-state index is 15.2. The fourth-order valence-electron chi connectivity index (χ4n) is 6.20. The number of hydrogen-bond donors (Lipinski definition) is 0. The molecule has 3 aromatic carbocycles. The minimum absolute atomic E-state index is 0. The summed E-state index contributed by atoms with van der Waals surface area (Å²) in [7, 11) is -1.19. The van der Waals surface area contributed by atoms with Gasteiger partial charge in [-0.15, -0.1) is 0 Å². The second-order valence-corrected chi connectivity index (χ2v) is 11.1. The number of ether oxygens (including phenoxy) is 1. The van der Waals surface area contributed by atoms with E-state index < -0.39 is 7.40 Å². The predicted octanol–water partition coefficient (Wildman–Crippen LogP) is 8.69.